The molecule has 168 valence electrons. The van der Waals surface area contributed by atoms with E-state index < -0.39 is 5.97 Å². The maximum Gasteiger partial charge on any atom is 0.341 e. The molecule has 32 heavy (non-hydrogen) atoms. The van der Waals surface area contributed by atoms with Crippen LogP contribution in [0.5, 0.6) is 5.75 Å². The van der Waals surface area contributed by atoms with Crippen LogP contribution in [0.2, 0.25) is 0 Å². The Morgan fingerprint density at radius 3 is 2.41 bits per heavy atom. The summed E-state index contributed by atoms with van der Waals surface area (Å²) in [5.41, 5.74) is 5.49. The van der Waals surface area contributed by atoms with Gasteiger partial charge in [-0.2, -0.15) is 0 Å². The Morgan fingerprint density at radius 1 is 1.00 bits per heavy atom. The van der Waals surface area contributed by atoms with E-state index in [2.05, 4.69) is 11.4 Å². The lowest BCUT2D eigenvalue weighted by molar-refractivity contribution is -0.116. The summed E-state index contributed by atoms with van der Waals surface area (Å²) < 4.78 is 11.1. The Labute approximate surface area is 193 Å². The summed E-state index contributed by atoms with van der Waals surface area (Å²) in [6.07, 6.45) is 0.870. The summed E-state index contributed by atoms with van der Waals surface area (Å²) in [6, 6.07) is 14.0. The van der Waals surface area contributed by atoms with Crippen LogP contribution >= 0.6 is 11.3 Å². The molecule has 0 aliphatic heterocycles. The van der Waals surface area contributed by atoms with Gasteiger partial charge in [0.15, 0.2) is 0 Å². The molecule has 0 saturated heterocycles. The van der Waals surface area contributed by atoms with Gasteiger partial charge in [-0.1, -0.05) is 47.5 Å². The summed E-state index contributed by atoms with van der Waals surface area (Å²) in [4.78, 5) is 25.2. The Bertz CT molecular complexity index is 1090. The average Bonchev–Trinajstić information content (AvgIpc) is 3.16. The normalized spacial score (nSPS) is 10.6. The molecule has 1 heterocycles. The first-order valence-corrected chi connectivity index (χ1v) is 11.6. The number of amides is 1. The first-order valence-electron chi connectivity index (χ1n) is 10.7. The van der Waals surface area contributed by atoms with Gasteiger partial charge in [0.05, 0.1) is 13.2 Å². The number of carbonyl (C=O) groups excluding carboxylic acids is 2. The zero-order valence-corrected chi connectivity index (χ0v) is 19.8. The van der Waals surface area contributed by atoms with E-state index in [1.807, 2.05) is 62.5 Å². The molecule has 5 nitrogen and oxygen atoms in total. The van der Waals surface area contributed by atoms with Gasteiger partial charge in [0.1, 0.15) is 16.3 Å². The molecule has 1 aromatic heterocycles. The van der Waals surface area contributed by atoms with Crippen LogP contribution in [0.1, 0.15) is 46.8 Å². The smallest absolute Gasteiger partial charge is 0.341 e. The fourth-order valence-electron chi connectivity index (χ4n) is 3.37. The monoisotopic (exact) mass is 451 g/mol. The Kier molecular flexibility index (Phi) is 8.06. The van der Waals surface area contributed by atoms with Crippen LogP contribution in [0.3, 0.4) is 0 Å². The van der Waals surface area contributed by atoms with Crippen LogP contribution < -0.4 is 10.1 Å². The molecule has 0 spiro atoms. The summed E-state index contributed by atoms with van der Waals surface area (Å²) in [6.45, 7) is 8.55. The summed E-state index contributed by atoms with van der Waals surface area (Å²) in [7, 11) is 0. The van der Waals surface area contributed by atoms with Crippen LogP contribution in [0.15, 0.2) is 47.8 Å². The lowest BCUT2D eigenvalue weighted by atomic mass is 10.0. The SMILES string of the molecule is CCOC(=O)c1c(-c2ccc(C)cc2)csc1NC(=O)CCCOc1ccc(C)cc1C. The number of nitrogens with one attached hydrogen (secondary N) is 1. The van der Waals surface area contributed by atoms with Gasteiger partial charge < -0.3 is 14.8 Å². The Morgan fingerprint density at radius 2 is 1.72 bits per heavy atom. The van der Waals surface area contributed by atoms with Gasteiger partial charge in [-0.15, -0.1) is 11.3 Å². The largest absolute Gasteiger partial charge is 0.493 e. The fraction of sp³-hybridized carbons (Fsp3) is 0.308. The minimum absolute atomic E-state index is 0.155. The zero-order chi connectivity index (χ0) is 23.1. The maximum absolute atomic E-state index is 12.7. The highest BCUT2D eigenvalue weighted by Gasteiger charge is 2.22. The van der Waals surface area contributed by atoms with Crippen LogP contribution in [-0.4, -0.2) is 25.1 Å². The van der Waals surface area contributed by atoms with Gasteiger partial charge in [0, 0.05) is 17.4 Å². The van der Waals surface area contributed by atoms with Crippen molar-refractivity contribution in [3.05, 3.63) is 70.1 Å². The Hall–Kier alpha value is -3.12. The van der Waals surface area contributed by atoms with Gasteiger partial charge >= 0.3 is 5.97 Å². The molecule has 3 aromatic rings. The summed E-state index contributed by atoms with van der Waals surface area (Å²) in [5.74, 6) is 0.247. The molecule has 0 bridgehead atoms. The first kappa shape index (κ1) is 23.5. The van der Waals surface area contributed by atoms with E-state index in [-0.39, 0.29) is 12.5 Å². The highest BCUT2D eigenvalue weighted by molar-refractivity contribution is 7.15. The molecular formula is C26H29NO4S. The van der Waals surface area contributed by atoms with Crippen molar-refractivity contribution >= 4 is 28.2 Å². The van der Waals surface area contributed by atoms with Gasteiger partial charge in [-0.25, -0.2) is 4.79 Å². The topological polar surface area (TPSA) is 64.6 Å². The van der Waals surface area contributed by atoms with Crippen LogP contribution in [0.4, 0.5) is 5.00 Å². The molecule has 1 amide bonds. The first-order chi connectivity index (χ1) is 15.4. The van der Waals surface area contributed by atoms with Gasteiger partial charge in [-0.05, 0) is 51.3 Å². The third-order valence-electron chi connectivity index (χ3n) is 5.02. The van der Waals surface area contributed by atoms with Crippen molar-refractivity contribution in [3.8, 4) is 16.9 Å². The molecule has 6 heteroatoms. The van der Waals surface area contributed by atoms with Crippen molar-refractivity contribution in [1.29, 1.82) is 0 Å². The number of benzene rings is 2. The number of ether oxygens (including phenoxy) is 2. The number of hydrogen-bond donors (Lipinski definition) is 1. The van der Waals surface area contributed by atoms with Crippen LogP contribution in [0, 0.1) is 20.8 Å². The van der Waals surface area contributed by atoms with E-state index in [4.69, 9.17) is 9.47 Å². The fourth-order valence-corrected chi connectivity index (χ4v) is 4.34. The number of rotatable bonds is 9. The third kappa shape index (κ3) is 5.98. The lowest BCUT2D eigenvalue weighted by Crippen LogP contribution is -2.15. The predicted octanol–water partition coefficient (Wildman–Crippen LogP) is 6.31. The number of anilines is 1. The number of carbonyl (C=O) groups is 2. The predicted molar refractivity (Wildman–Crippen MR) is 130 cm³/mol. The second-order valence-electron chi connectivity index (χ2n) is 7.71. The maximum atomic E-state index is 12.7. The average molecular weight is 452 g/mol. The Balaban J connectivity index is 1.64. The molecule has 0 radical (unpaired) electrons. The molecule has 0 saturated carbocycles. The van der Waals surface area contributed by atoms with Crippen molar-refractivity contribution in [2.24, 2.45) is 0 Å². The van der Waals surface area contributed by atoms with Gasteiger partial charge in [-0.3, -0.25) is 4.79 Å². The molecule has 0 unspecified atom stereocenters. The molecule has 0 atom stereocenters. The van der Waals surface area contributed by atoms with E-state index in [0.29, 0.717) is 30.0 Å². The minimum atomic E-state index is -0.433. The molecule has 2 aromatic carbocycles. The van der Waals surface area contributed by atoms with Crippen LogP contribution in [0.25, 0.3) is 11.1 Å². The van der Waals surface area contributed by atoms with E-state index in [0.717, 1.165) is 28.0 Å². The standard InChI is InChI=1S/C26H29NO4S/c1-5-30-26(29)24-21(20-11-8-17(2)9-12-20)16-32-25(24)27-23(28)7-6-14-31-22-13-10-18(3)15-19(22)4/h8-13,15-16H,5-7,14H2,1-4H3,(H,27,28). The number of hydrogen-bond acceptors (Lipinski definition) is 5. The van der Waals surface area contributed by atoms with Gasteiger partial charge in [0.25, 0.3) is 0 Å². The van der Waals surface area contributed by atoms with Crippen molar-refractivity contribution in [3.63, 3.8) is 0 Å². The van der Waals surface area contributed by atoms with Crippen molar-refractivity contribution in [1.82, 2.24) is 0 Å². The lowest BCUT2D eigenvalue weighted by Gasteiger charge is -2.10. The molecule has 0 aliphatic carbocycles. The van der Waals surface area contributed by atoms with Crippen LogP contribution in [-0.2, 0) is 9.53 Å². The number of aryl methyl sites for hydroxylation is 3. The molecule has 1 N–H and O–H groups in total. The molecular weight excluding hydrogens is 422 g/mol. The third-order valence-corrected chi connectivity index (χ3v) is 5.92. The summed E-state index contributed by atoms with van der Waals surface area (Å²) >= 11 is 1.33. The molecule has 3 rings (SSSR count). The quantitative estimate of drug-likeness (QED) is 0.306. The van der Waals surface area contributed by atoms with E-state index >= 15 is 0 Å². The van der Waals surface area contributed by atoms with Crippen molar-refractivity contribution < 1.29 is 19.1 Å². The second kappa shape index (κ2) is 11.0. The van der Waals surface area contributed by atoms with Gasteiger partial charge in [0.2, 0.25) is 5.91 Å². The van der Waals surface area contributed by atoms with E-state index in [1.54, 1.807) is 6.92 Å². The highest BCUT2D eigenvalue weighted by Crippen LogP contribution is 2.36. The number of thiophene rings is 1. The van der Waals surface area contributed by atoms with E-state index in [9.17, 15) is 9.59 Å². The molecule has 0 aliphatic rings. The second-order valence-corrected chi connectivity index (χ2v) is 8.59. The minimum Gasteiger partial charge on any atom is -0.493 e. The molecule has 0 fully saturated rings. The zero-order valence-electron chi connectivity index (χ0n) is 19.0. The number of esters is 1. The van der Waals surface area contributed by atoms with E-state index in [1.165, 1.54) is 16.9 Å². The van der Waals surface area contributed by atoms with Crippen molar-refractivity contribution in [2.45, 2.75) is 40.5 Å². The highest BCUT2D eigenvalue weighted by atomic mass is 32.1. The van der Waals surface area contributed by atoms with Crippen molar-refractivity contribution in [2.75, 3.05) is 18.5 Å². The summed E-state index contributed by atoms with van der Waals surface area (Å²) in [5, 5.41) is 5.29.